The van der Waals surface area contributed by atoms with Gasteiger partial charge >= 0.3 is 0 Å². The number of sulfonamides is 1. The molecular formula is C16H22N6O3S. The number of amides is 1. The first-order valence-electron chi connectivity index (χ1n) is 8.68. The van der Waals surface area contributed by atoms with Crippen molar-refractivity contribution in [1.82, 2.24) is 24.6 Å². The Morgan fingerprint density at radius 1 is 1.19 bits per heavy atom. The highest BCUT2D eigenvalue weighted by Crippen LogP contribution is 2.20. The van der Waals surface area contributed by atoms with Gasteiger partial charge in [0.2, 0.25) is 0 Å². The Morgan fingerprint density at radius 3 is 2.73 bits per heavy atom. The number of carbonyl (C=O) groups is 1. The molecule has 0 aromatic carbocycles. The summed E-state index contributed by atoms with van der Waals surface area (Å²) in [7, 11) is -1.79. The molecule has 0 unspecified atom stereocenters. The summed E-state index contributed by atoms with van der Waals surface area (Å²) < 4.78 is 29.6. The van der Waals surface area contributed by atoms with Crippen LogP contribution < -0.4 is 4.72 Å². The Morgan fingerprint density at radius 2 is 1.96 bits per heavy atom. The average Bonchev–Trinajstić information content (AvgIpc) is 3.33. The number of nitrogens with one attached hydrogen (secondary N) is 2. The molecule has 9 nitrogen and oxygen atoms in total. The highest BCUT2D eigenvalue weighted by molar-refractivity contribution is 7.92. The number of likely N-dealkylation sites (N-methyl/N-ethyl adjacent to an activating group) is 1. The predicted octanol–water partition coefficient (Wildman–Crippen LogP) is 0.693. The number of carbonyl (C=O) groups excluding carboxylic acids is 1. The van der Waals surface area contributed by atoms with Gasteiger partial charge in [0.05, 0.1) is 12.2 Å². The van der Waals surface area contributed by atoms with E-state index in [9.17, 15) is 13.2 Å². The van der Waals surface area contributed by atoms with Crippen molar-refractivity contribution in [2.75, 3.05) is 31.4 Å². The number of hydrogen-bond acceptors (Lipinski definition) is 5. The Bertz CT molecular complexity index is 926. The van der Waals surface area contributed by atoms with Gasteiger partial charge in [-0.25, -0.2) is 8.42 Å². The zero-order chi connectivity index (χ0) is 18.3. The molecule has 140 valence electrons. The van der Waals surface area contributed by atoms with Gasteiger partial charge < -0.3 is 9.88 Å². The first kappa shape index (κ1) is 17.1. The number of fused-ring (bicyclic) bond motifs is 1. The second kappa shape index (κ2) is 6.44. The minimum Gasteiger partial charge on any atom is -0.356 e. The average molecular weight is 378 g/mol. The normalized spacial score (nSPS) is 18.1. The number of nitrogens with zero attached hydrogens (tertiary/aromatic N) is 4. The Balaban J connectivity index is 1.51. The molecule has 1 saturated heterocycles. The van der Waals surface area contributed by atoms with E-state index in [1.54, 1.807) is 11.0 Å². The molecule has 10 heteroatoms. The first-order valence-corrected chi connectivity index (χ1v) is 10.2. The first-order chi connectivity index (χ1) is 12.4. The Hall–Kier alpha value is -2.33. The van der Waals surface area contributed by atoms with E-state index in [-0.39, 0.29) is 16.5 Å². The SMILES string of the molecule is CN1CCn2nc(NS(=O)(=O)c3c[nH]c(C(=O)N4CCCC4)c3)cc2C1. The molecule has 0 atom stereocenters. The fraction of sp³-hybridized carbons (Fsp3) is 0.500. The summed E-state index contributed by atoms with van der Waals surface area (Å²) in [6, 6.07) is 3.13. The molecule has 2 aliphatic rings. The molecule has 0 radical (unpaired) electrons. The molecular weight excluding hydrogens is 356 g/mol. The summed E-state index contributed by atoms with van der Waals surface area (Å²) in [6.07, 6.45) is 3.31. The molecule has 0 spiro atoms. The van der Waals surface area contributed by atoms with Crippen LogP contribution in [-0.2, 0) is 23.1 Å². The smallest absolute Gasteiger partial charge is 0.270 e. The third-order valence-electron chi connectivity index (χ3n) is 4.82. The number of likely N-dealkylation sites (tertiary alicyclic amines) is 1. The Kier molecular flexibility index (Phi) is 4.23. The molecule has 0 aliphatic carbocycles. The zero-order valence-corrected chi connectivity index (χ0v) is 15.4. The number of anilines is 1. The topological polar surface area (TPSA) is 103 Å². The van der Waals surface area contributed by atoms with Crippen LogP contribution in [0.3, 0.4) is 0 Å². The lowest BCUT2D eigenvalue weighted by Gasteiger charge is -2.22. The van der Waals surface area contributed by atoms with E-state index in [0.29, 0.717) is 18.9 Å². The van der Waals surface area contributed by atoms with Crippen molar-refractivity contribution in [2.45, 2.75) is 30.8 Å². The molecule has 2 aromatic rings. The second-order valence-corrected chi connectivity index (χ2v) is 8.52. The molecule has 2 N–H and O–H groups in total. The van der Waals surface area contributed by atoms with Gasteiger partial charge in [-0.15, -0.1) is 0 Å². The lowest BCUT2D eigenvalue weighted by atomic mass is 10.3. The third-order valence-corrected chi connectivity index (χ3v) is 6.15. The van der Waals surface area contributed by atoms with Gasteiger partial charge in [-0.2, -0.15) is 5.10 Å². The van der Waals surface area contributed by atoms with Gasteiger partial charge in [-0.1, -0.05) is 0 Å². The van der Waals surface area contributed by atoms with Gasteiger partial charge in [0.1, 0.15) is 10.6 Å². The molecule has 2 aliphatic heterocycles. The predicted molar refractivity (Wildman–Crippen MR) is 95.3 cm³/mol. The van der Waals surface area contributed by atoms with Crippen LogP contribution in [0, 0.1) is 0 Å². The van der Waals surface area contributed by atoms with E-state index in [1.165, 1.54) is 12.3 Å². The van der Waals surface area contributed by atoms with Gasteiger partial charge in [0, 0.05) is 38.4 Å². The maximum Gasteiger partial charge on any atom is 0.270 e. The molecule has 0 saturated carbocycles. The van der Waals surface area contributed by atoms with E-state index in [0.717, 1.165) is 38.2 Å². The lowest BCUT2D eigenvalue weighted by Crippen LogP contribution is -2.30. The highest BCUT2D eigenvalue weighted by Gasteiger charge is 2.25. The van der Waals surface area contributed by atoms with E-state index < -0.39 is 10.0 Å². The van der Waals surface area contributed by atoms with Crippen molar-refractivity contribution in [3.05, 3.63) is 29.7 Å². The van der Waals surface area contributed by atoms with Crippen LogP contribution >= 0.6 is 0 Å². The van der Waals surface area contributed by atoms with Crippen LogP contribution in [0.1, 0.15) is 29.0 Å². The van der Waals surface area contributed by atoms with Crippen molar-refractivity contribution in [1.29, 1.82) is 0 Å². The van der Waals surface area contributed by atoms with Crippen molar-refractivity contribution in [2.24, 2.45) is 0 Å². The summed E-state index contributed by atoms with van der Waals surface area (Å²) in [6.45, 7) is 3.76. The number of aromatic amines is 1. The van der Waals surface area contributed by atoms with E-state index in [1.807, 2.05) is 11.7 Å². The standard InChI is InChI=1S/C16H22N6O3S/c1-20-6-7-22-12(11-20)8-15(18-22)19-26(24,25)13-9-14(17-10-13)16(23)21-4-2-3-5-21/h8-10,17H,2-7,11H2,1H3,(H,18,19). The lowest BCUT2D eigenvalue weighted by molar-refractivity contribution is 0.0787. The molecule has 1 amide bonds. The van der Waals surface area contributed by atoms with E-state index >= 15 is 0 Å². The van der Waals surface area contributed by atoms with Gasteiger partial charge in [0.15, 0.2) is 5.82 Å². The maximum absolute atomic E-state index is 12.6. The van der Waals surface area contributed by atoms with Crippen LogP contribution in [0.15, 0.2) is 23.2 Å². The fourth-order valence-electron chi connectivity index (χ4n) is 3.39. The molecule has 4 rings (SSSR count). The summed E-state index contributed by atoms with van der Waals surface area (Å²) in [5.74, 6) is 0.133. The number of hydrogen-bond donors (Lipinski definition) is 2. The number of rotatable bonds is 4. The van der Waals surface area contributed by atoms with Crippen LogP contribution in [-0.4, -0.2) is 65.6 Å². The van der Waals surface area contributed by atoms with Crippen LogP contribution in [0.2, 0.25) is 0 Å². The summed E-state index contributed by atoms with van der Waals surface area (Å²) >= 11 is 0. The molecule has 4 heterocycles. The molecule has 0 bridgehead atoms. The van der Waals surface area contributed by atoms with Crippen LogP contribution in [0.5, 0.6) is 0 Å². The zero-order valence-electron chi connectivity index (χ0n) is 14.6. The fourth-order valence-corrected chi connectivity index (χ4v) is 4.37. The van der Waals surface area contributed by atoms with Crippen molar-refractivity contribution >= 4 is 21.7 Å². The summed E-state index contributed by atoms with van der Waals surface area (Å²) in [4.78, 5) is 19.1. The van der Waals surface area contributed by atoms with E-state index in [2.05, 4.69) is 19.7 Å². The minimum atomic E-state index is -3.80. The number of H-pyrrole nitrogens is 1. The third kappa shape index (κ3) is 3.21. The van der Waals surface area contributed by atoms with E-state index in [4.69, 9.17) is 0 Å². The molecule has 26 heavy (non-hydrogen) atoms. The molecule has 1 fully saturated rings. The summed E-state index contributed by atoms with van der Waals surface area (Å²) in [5.41, 5.74) is 1.26. The van der Waals surface area contributed by atoms with Crippen molar-refractivity contribution in [3.8, 4) is 0 Å². The molecule has 2 aromatic heterocycles. The van der Waals surface area contributed by atoms with Gasteiger partial charge in [-0.05, 0) is 26.0 Å². The van der Waals surface area contributed by atoms with Gasteiger partial charge in [0.25, 0.3) is 15.9 Å². The Labute approximate surface area is 152 Å². The quantitative estimate of drug-likeness (QED) is 0.815. The maximum atomic E-state index is 12.6. The summed E-state index contributed by atoms with van der Waals surface area (Å²) in [5, 5.41) is 4.32. The van der Waals surface area contributed by atoms with Crippen molar-refractivity contribution in [3.63, 3.8) is 0 Å². The van der Waals surface area contributed by atoms with Crippen LogP contribution in [0.25, 0.3) is 0 Å². The van der Waals surface area contributed by atoms with Gasteiger partial charge in [-0.3, -0.25) is 19.1 Å². The second-order valence-electron chi connectivity index (χ2n) is 6.84. The van der Waals surface area contributed by atoms with Crippen molar-refractivity contribution < 1.29 is 13.2 Å². The minimum absolute atomic E-state index is 0.0307. The van der Waals surface area contributed by atoms with Crippen LogP contribution in [0.4, 0.5) is 5.82 Å². The monoisotopic (exact) mass is 378 g/mol. The largest absolute Gasteiger partial charge is 0.356 e. The number of aromatic nitrogens is 3. The highest BCUT2D eigenvalue weighted by atomic mass is 32.2.